The number of nitrogens with one attached hydrogen (secondary N) is 1. The average molecular weight is 385 g/mol. The maximum Gasteiger partial charge on any atom is 0.269 e. The molecule has 1 N–H and O–H groups in total. The lowest BCUT2D eigenvalue weighted by atomic mass is 10.1. The molecule has 1 aromatic carbocycles. The van der Waals surface area contributed by atoms with E-state index in [-0.39, 0.29) is 17.2 Å². The predicted octanol–water partition coefficient (Wildman–Crippen LogP) is 3.71. The van der Waals surface area contributed by atoms with E-state index in [1.807, 2.05) is 24.3 Å². The molecule has 4 rings (SSSR count). The second-order valence-corrected chi connectivity index (χ2v) is 7.70. The summed E-state index contributed by atoms with van der Waals surface area (Å²) in [6.45, 7) is 3.84. The minimum atomic E-state index is -0.191. The van der Waals surface area contributed by atoms with E-state index in [0.717, 1.165) is 27.8 Å². The summed E-state index contributed by atoms with van der Waals surface area (Å²) >= 11 is 2.73. The number of thioether (sulfide) groups is 1. The molecule has 1 amide bonds. The molecule has 132 valence electrons. The van der Waals surface area contributed by atoms with Crippen molar-refractivity contribution in [2.24, 2.45) is 4.99 Å². The van der Waals surface area contributed by atoms with Crippen molar-refractivity contribution in [2.45, 2.75) is 25.1 Å². The van der Waals surface area contributed by atoms with E-state index in [0.29, 0.717) is 16.5 Å². The highest BCUT2D eigenvalue weighted by Crippen LogP contribution is 2.41. The molecule has 1 aliphatic heterocycles. The second kappa shape index (κ2) is 7.00. The predicted molar refractivity (Wildman–Crippen MR) is 102 cm³/mol. The SMILES string of the molecule is Cc1nnsc1C(=O)Nc1ccc(C2SC(c3ncco3)=NC2C)cc1. The fourth-order valence-corrected chi connectivity index (χ4v) is 4.44. The number of hydrogen-bond donors (Lipinski definition) is 1. The summed E-state index contributed by atoms with van der Waals surface area (Å²) in [5.41, 5.74) is 2.51. The Labute approximate surface area is 158 Å². The average Bonchev–Trinajstić information content (AvgIpc) is 3.36. The largest absolute Gasteiger partial charge is 0.443 e. The lowest BCUT2D eigenvalue weighted by Crippen LogP contribution is -2.12. The van der Waals surface area contributed by atoms with Gasteiger partial charge in [-0.2, -0.15) is 0 Å². The molecule has 0 fully saturated rings. The lowest BCUT2D eigenvalue weighted by molar-refractivity contribution is 0.103. The van der Waals surface area contributed by atoms with Gasteiger partial charge in [0.1, 0.15) is 11.1 Å². The Bertz CT molecular complexity index is 950. The van der Waals surface area contributed by atoms with Crippen molar-refractivity contribution >= 4 is 39.9 Å². The quantitative estimate of drug-likeness (QED) is 0.736. The molecular weight excluding hydrogens is 370 g/mol. The van der Waals surface area contributed by atoms with Crippen LogP contribution in [0.25, 0.3) is 0 Å². The van der Waals surface area contributed by atoms with E-state index in [4.69, 9.17) is 4.42 Å². The normalized spacial score (nSPS) is 19.4. The van der Waals surface area contributed by atoms with Crippen molar-refractivity contribution < 1.29 is 9.21 Å². The molecule has 2 unspecified atom stereocenters. The van der Waals surface area contributed by atoms with Gasteiger partial charge in [-0.1, -0.05) is 28.4 Å². The smallest absolute Gasteiger partial charge is 0.269 e. The third-order valence-electron chi connectivity index (χ3n) is 3.97. The molecule has 1 aliphatic rings. The van der Waals surface area contributed by atoms with Crippen LogP contribution in [0, 0.1) is 6.92 Å². The van der Waals surface area contributed by atoms with Crippen molar-refractivity contribution in [1.82, 2.24) is 14.6 Å². The summed E-state index contributed by atoms with van der Waals surface area (Å²) < 4.78 is 9.13. The molecule has 0 aliphatic carbocycles. The van der Waals surface area contributed by atoms with E-state index in [2.05, 4.69) is 31.8 Å². The van der Waals surface area contributed by atoms with E-state index in [1.54, 1.807) is 31.1 Å². The number of anilines is 1. The fraction of sp³-hybridized carbons (Fsp3) is 0.235. The van der Waals surface area contributed by atoms with Gasteiger partial charge in [0, 0.05) is 5.69 Å². The zero-order valence-corrected chi connectivity index (χ0v) is 15.7. The number of aromatic nitrogens is 3. The van der Waals surface area contributed by atoms with E-state index in [9.17, 15) is 4.79 Å². The van der Waals surface area contributed by atoms with Crippen LogP contribution >= 0.6 is 23.3 Å². The van der Waals surface area contributed by atoms with Gasteiger partial charge < -0.3 is 9.73 Å². The Hall–Kier alpha value is -2.52. The molecule has 2 aromatic heterocycles. The van der Waals surface area contributed by atoms with Crippen LogP contribution in [0.1, 0.15) is 39.0 Å². The zero-order chi connectivity index (χ0) is 18.1. The van der Waals surface area contributed by atoms with E-state index < -0.39 is 0 Å². The summed E-state index contributed by atoms with van der Waals surface area (Å²) in [5, 5.41) is 7.75. The van der Waals surface area contributed by atoms with Gasteiger partial charge in [0.25, 0.3) is 11.8 Å². The van der Waals surface area contributed by atoms with Crippen molar-refractivity contribution in [3.8, 4) is 0 Å². The van der Waals surface area contributed by atoms with Crippen LogP contribution in [0.5, 0.6) is 0 Å². The van der Waals surface area contributed by atoms with E-state index >= 15 is 0 Å². The Morgan fingerprint density at radius 1 is 1.27 bits per heavy atom. The lowest BCUT2D eigenvalue weighted by Gasteiger charge is -2.14. The van der Waals surface area contributed by atoms with Crippen molar-refractivity contribution in [3.63, 3.8) is 0 Å². The first-order valence-electron chi connectivity index (χ1n) is 7.96. The number of aryl methyl sites for hydroxylation is 1. The highest BCUT2D eigenvalue weighted by atomic mass is 32.2. The highest BCUT2D eigenvalue weighted by Gasteiger charge is 2.30. The molecule has 2 atom stereocenters. The number of amides is 1. The van der Waals surface area contributed by atoms with Crippen molar-refractivity contribution in [1.29, 1.82) is 0 Å². The van der Waals surface area contributed by atoms with Crippen LogP contribution in [-0.4, -0.2) is 31.6 Å². The number of aliphatic imine (C=N–C) groups is 1. The molecule has 0 radical (unpaired) electrons. The highest BCUT2D eigenvalue weighted by molar-refractivity contribution is 8.14. The second-order valence-electron chi connectivity index (χ2n) is 5.81. The summed E-state index contributed by atoms with van der Waals surface area (Å²) in [4.78, 5) is 21.6. The summed E-state index contributed by atoms with van der Waals surface area (Å²) in [7, 11) is 0. The zero-order valence-electron chi connectivity index (χ0n) is 14.0. The Balaban J connectivity index is 1.45. The summed E-state index contributed by atoms with van der Waals surface area (Å²) in [5.74, 6) is 0.366. The number of benzene rings is 1. The van der Waals surface area contributed by atoms with Crippen LogP contribution < -0.4 is 5.32 Å². The van der Waals surface area contributed by atoms with Gasteiger partial charge in [0.05, 0.1) is 23.2 Å². The van der Waals surface area contributed by atoms with Gasteiger partial charge >= 0.3 is 0 Å². The molecule has 3 heterocycles. The van der Waals surface area contributed by atoms with Gasteiger partial charge in [-0.25, -0.2) is 4.98 Å². The first kappa shape index (κ1) is 16.9. The first-order valence-corrected chi connectivity index (χ1v) is 9.61. The third kappa shape index (κ3) is 3.27. The van der Waals surface area contributed by atoms with Crippen molar-refractivity contribution in [3.05, 3.63) is 58.8 Å². The van der Waals surface area contributed by atoms with Crippen LogP contribution in [-0.2, 0) is 0 Å². The molecule has 0 saturated carbocycles. The topological polar surface area (TPSA) is 93.3 Å². The van der Waals surface area contributed by atoms with E-state index in [1.165, 1.54) is 0 Å². The number of carbonyl (C=O) groups is 1. The molecule has 0 spiro atoms. The number of hydrogen-bond acceptors (Lipinski definition) is 8. The fourth-order valence-electron chi connectivity index (χ4n) is 2.67. The van der Waals surface area contributed by atoms with Gasteiger partial charge in [0.2, 0.25) is 0 Å². The standard InChI is InChI=1S/C17H15N5O2S2/c1-9-13(25-17(19-9)16-18-7-8-24-16)11-3-5-12(6-4-11)20-15(23)14-10(2)21-22-26-14/h3-9,13H,1-2H3,(H,20,23). The van der Waals surface area contributed by atoms with Gasteiger partial charge in [-0.3, -0.25) is 9.79 Å². The van der Waals surface area contributed by atoms with Crippen molar-refractivity contribution in [2.75, 3.05) is 5.32 Å². The molecule has 0 bridgehead atoms. The number of carbonyl (C=O) groups excluding carboxylic acids is 1. The van der Waals surface area contributed by atoms with Gasteiger partial charge in [-0.15, -0.1) is 5.10 Å². The number of rotatable bonds is 4. The number of oxazole rings is 1. The van der Waals surface area contributed by atoms with Gasteiger partial charge in [-0.05, 0) is 43.1 Å². The summed E-state index contributed by atoms with van der Waals surface area (Å²) in [6.07, 6.45) is 3.17. The van der Waals surface area contributed by atoms with Gasteiger partial charge in [0.15, 0.2) is 5.04 Å². The maximum absolute atomic E-state index is 12.2. The number of nitrogens with zero attached hydrogens (tertiary/aromatic N) is 4. The molecule has 7 nitrogen and oxygen atoms in total. The third-order valence-corrected chi connectivity index (χ3v) is 6.22. The monoisotopic (exact) mass is 385 g/mol. The minimum Gasteiger partial charge on any atom is -0.443 e. The molecule has 9 heteroatoms. The minimum absolute atomic E-state index is 0.119. The van der Waals surface area contributed by atoms with Crippen LogP contribution in [0.2, 0.25) is 0 Å². The molecule has 0 saturated heterocycles. The Morgan fingerprint density at radius 2 is 2.08 bits per heavy atom. The van der Waals surface area contributed by atoms with Crippen LogP contribution in [0.4, 0.5) is 5.69 Å². The van der Waals surface area contributed by atoms with Crippen LogP contribution in [0.15, 0.2) is 46.1 Å². The Morgan fingerprint density at radius 3 is 2.73 bits per heavy atom. The van der Waals surface area contributed by atoms with Crippen LogP contribution in [0.3, 0.4) is 0 Å². The maximum atomic E-state index is 12.2. The summed E-state index contributed by atoms with van der Waals surface area (Å²) in [6, 6.07) is 7.93. The molecular formula is C17H15N5O2S2. The first-order chi connectivity index (χ1) is 12.6. The molecule has 26 heavy (non-hydrogen) atoms. The molecule has 3 aromatic rings. The Kier molecular flexibility index (Phi) is 4.56.